The van der Waals surface area contributed by atoms with Gasteiger partial charge in [0, 0.05) is 44.8 Å². The smallest absolute Gasteiger partial charge is 0.256 e. The predicted octanol–water partition coefficient (Wildman–Crippen LogP) is 2.41. The highest BCUT2D eigenvalue weighted by molar-refractivity contribution is 6.00. The van der Waals surface area contributed by atoms with E-state index in [2.05, 4.69) is 15.5 Å². The lowest BCUT2D eigenvalue weighted by Gasteiger charge is -2.31. The highest BCUT2D eigenvalue weighted by Crippen LogP contribution is 2.24. The Morgan fingerprint density at radius 1 is 0.919 bits per heavy atom. The van der Waals surface area contributed by atoms with Gasteiger partial charge in [-0.15, -0.1) is 12.4 Å². The summed E-state index contributed by atoms with van der Waals surface area (Å²) in [6, 6.07) is 13.0. The molecule has 200 valence electrons. The van der Waals surface area contributed by atoms with E-state index in [1.54, 1.807) is 17.0 Å². The third-order valence-corrected chi connectivity index (χ3v) is 6.33. The molecule has 3 amide bonds. The Bertz CT molecular complexity index is 1090. The zero-order valence-corrected chi connectivity index (χ0v) is 22.0. The molecular weight excluding hydrogens is 496 g/mol. The third kappa shape index (κ3) is 7.60. The molecule has 9 nitrogen and oxygen atoms in total. The van der Waals surface area contributed by atoms with Gasteiger partial charge in [-0.05, 0) is 37.6 Å². The van der Waals surface area contributed by atoms with Crippen molar-refractivity contribution in [3.8, 4) is 5.75 Å². The number of fused-ring (bicyclic) bond motifs is 1. The fraction of sp³-hybridized carbons (Fsp3) is 0.444. The molecule has 2 heterocycles. The second-order valence-corrected chi connectivity index (χ2v) is 8.97. The molecule has 1 saturated heterocycles. The highest BCUT2D eigenvalue weighted by atomic mass is 35.5. The fourth-order valence-corrected chi connectivity index (χ4v) is 4.44. The zero-order valence-electron chi connectivity index (χ0n) is 21.2. The fourth-order valence-electron chi connectivity index (χ4n) is 4.44. The minimum atomic E-state index is -0.256. The molecule has 0 aromatic heterocycles. The van der Waals surface area contributed by atoms with E-state index in [0.717, 1.165) is 24.3 Å². The van der Waals surface area contributed by atoms with Gasteiger partial charge in [-0.2, -0.15) is 0 Å². The highest BCUT2D eigenvalue weighted by Gasteiger charge is 2.23. The van der Waals surface area contributed by atoms with Crippen LogP contribution in [0.2, 0.25) is 0 Å². The number of amides is 3. The lowest BCUT2D eigenvalue weighted by molar-refractivity contribution is -0.121. The van der Waals surface area contributed by atoms with Crippen LogP contribution in [0.25, 0.3) is 0 Å². The SMILES string of the molecule is Cc1ccc2c(c1)C(=O)NCCN(C(=O)c1ccccc1N1CCOCC1)CCCC(=O)NCCO2.Cl. The van der Waals surface area contributed by atoms with E-state index in [-0.39, 0.29) is 43.3 Å². The number of benzene rings is 2. The summed E-state index contributed by atoms with van der Waals surface area (Å²) in [6.45, 7) is 6.22. The second-order valence-electron chi connectivity index (χ2n) is 8.97. The van der Waals surface area contributed by atoms with Gasteiger partial charge < -0.3 is 29.9 Å². The van der Waals surface area contributed by atoms with Gasteiger partial charge >= 0.3 is 0 Å². The van der Waals surface area contributed by atoms with Gasteiger partial charge in [0.05, 0.1) is 30.9 Å². The number of rotatable bonds is 2. The van der Waals surface area contributed by atoms with Gasteiger partial charge in [0.25, 0.3) is 11.8 Å². The maximum atomic E-state index is 13.7. The monoisotopic (exact) mass is 530 g/mol. The number of carbonyl (C=O) groups is 3. The molecule has 0 spiro atoms. The average molecular weight is 531 g/mol. The van der Waals surface area contributed by atoms with Crippen LogP contribution in [0.4, 0.5) is 5.69 Å². The maximum absolute atomic E-state index is 13.7. The zero-order chi connectivity index (χ0) is 25.3. The van der Waals surface area contributed by atoms with Crippen molar-refractivity contribution in [2.24, 2.45) is 0 Å². The minimum Gasteiger partial charge on any atom is -0.491 e. The molecule has 0 aliphatic carbocycles. The van der Waals surface area contributed by atoms with E-state index in [1.807, 2.05) is 37.3 Å². The van der Waals surface area contributed by atoms with Gasteiger partial charge in [-0.25, -0.2) is 0 Å². The number of hydrogen-bond donors (Lipinski definition) is 2. The van der Waals surface area contributed by atoms with Crippen molar-refractivity contribution in [2.75, 3.05) is 64.0 Å². The molecule has 2 aliphatic heterocycles. The Hall–Kier alpha value is -3.30. The number of nitrogens with one attached hydrogen (secondary N) is 2. The Kier molecular flexibility index (Phi) is 10.6. The molecule has 2 aromatic carbocycles. The Morgan fingerprint density at radius 3 is 2.51 bits per heavy atom. The summed E-state index contributed by atoms with van der Waals surface area (Å²) in [5.41, 5.74) is 2.87. The van der Waals surface area contributed by atoms with Crippen LogP contribution in [0, 0.1) is 6.92 Å². The van der Waals surface area contributed by atoms with E-state index < -0.39 is 0 Å². The Balaban J connectivity index is 0.00000380. The van der Waals surface area contributed by atoms with Crippen LogP contribution in [0.1, 0.15) is 39.1 Å². The minimum absolute atomic E-state index is 0. The Labute approximate surface area is 223 Å². The molecule has 4 rings (SSSR count). The molecule has 2 aromatic rings. The summed E-state index contributed by atoms with van der Waals surface area (Å²) in [5, 5.41) is 5.78. The number of anilines is 1. The van der Waals surface area contributed by atoms with Crippen LogP contribution < -0.4 is 20.3 Å². The van der Waals surface area contributed by atoms with Crippen LogP contribution in [-0.4, -0.2) is 81.7 Å². The number of ether oxygens (including phenoxy) is 2. The van der Waals surface area contributed by atoms with Crippen molar-refractivity contribution >= 4 is 35.8 Å². The number of halogens is 1. The van der Waals surface area contributed by atoms with Gasteiger partial charge in [0.2, 0.25) is 5.91 Å². The molecule has 10 heteroatoms. The van der Waals surface area contributed by atoms with Crippen molar-refractivity contribution < 1.29 is 23.9 Å². The summed E-state index contributed by atoms with van der Waals surface area (Å²) >= 11 is 0. The number of para-hydroxylation sites is 1. The first-order valence-corrected chi connectivity index (χ1v) is 12.5. The first-order valence-electron chi connectivity index (χ1n) is 12.5. The predicted molar refractivity (Wildman–Crippen MR) is 144 cm³/mol. The third-order valence-electron chi connectivity index (χ3n) is 6.33. The average Bonchev–Trinajstić information content (AvgIpc) is 2.91. The molecule has 0 unspecified atom stereocenters. The summed E-state index contributed by atoms with van der Waals surface area (Å²) < 4.78 is 11.2. The van der Waals surface area contributed by atoms with Gasteiger partial charge in [0.1, 0.15) is 12.4 Å². The van der Waals surface area contributed by atoms with Crippen molar-refractivity contribution in [1.82, 2.24) is 15.5 Å². The second kappa shape index (κ2) is 13.9. The molecular formula is C27H35ClN4O5. The largest absolute Gasteiger partial charge is 0.491 e. The lowest BCUT2D eigenvalue weighted by atomic mass is 10.1. The van der Waals surface area contributed by atoms with E-state index >= 15 is 0 Å². The summed E-state index contributed by atoms with van der Waals surface area (Å²) in [4.78, 5) is 42.9. The normalized spacial score (nSPS) is 17.6. The number of aryl methyl sites for hydroxylation is 1. The molecule has 0 radical (unpaired) electrons. The van der Waals surface area contributed by atoms with Crippen LogP contribution in [0.3, 0.4) is 0 Å². The summed E-state index contributed by atoms with van der Waals surface area (Å²) in [7, 11) is 0. The topological polar surface area (TPSA) is 100 Å². The van der Waals surface area contributed by atoms with Crippen LogP contribution in [0.15, 0.2) is 42.5 Å². The van der Waals surface area contributed by atoms with Crippen molar-refractivity contribution in [1.29, 1.82) is 0 Å². The van der Waals surface area contributed by atoms with Crippen LogP contribution >= 0.6 is 12.4 Å². The first-order chi connectivity index (χ1) is 17.5. The first kappa shape index (κ1) is 28.3. The maximum Gasteiger partial charge on any atom is 0.256 e. The van der Waals surface area contributed by atoms with E-state index in [4.69, 9.17) is 9.47 Å². The molecule has 0 atom stereocenters. The summed E-state index contributed by atoms with van der Waals surface area (Å²) in [6.07, 6.45) is 0.822. The standard InChI is InChI=1S/C27H34N4O5.ClH/c1-20-8-9-24-22(19-20)26(33)29-10-13-31(12-4-7-25(32)28-11-16-36-24)27(34)21-5-2-3-6-23(21)30-14-17-35-18-15-30;/h2-3,5-6,8-9,19H,4,7,10-18H2,1H3,(H,28,32)(H,29,33);1H. The molecule has 2 aliphatic rings. The van der Waals surface area contributed by atoms with Gasteiger partial charge in [-0.3, -0.25) is 14.4 Å². The number of nitrogens with zero attached hydrogens (tertiary/aromatic N) is 2. The van der Waals surface area contributed by atoms with Crippen LogP contribution in [0.5, 0.6) is 5.75 Å². The Morgan fingerprint density at radius 2 is 1.70 bits per heavy atom. The van der Waals surface area contributed by atoms with Crippen LogP contribution in [-0.2, 0) is 9.53 Å². The number of carbonyl (C=O) groups excluding carboxylic acids is 3. The van der Waals surface area contributed by atoms with Gasteiger partial charge in [0.15, 0.2) is 0 Å². The van der Waals surface area contributed by atoms with Crippen molar-refractivity contribution in [2.45, 2.75) is 19.8 Å². The molecule has 0 saturated carbocycles. The van der Waals surface area contributed by atoms with Crippen molar-refractivity contribution in [3.05, 3.63) is 59.2 Å². The number of hydrogen-bond acceptors (Lipinski definition) is 6. The quantitative estimate of drug-likeness (QED) is 0.618. The number of morpholine rings is 1. The van der Waals surface area contributed by atoms with E-state index in [9.17, 15) is 14.4 Å². The van der Waals surface area contributed by atoms with Gasteiger partial charge in [-0.1, -0.05) is 23.8 Å². The van der Waals surface area contributed by atoms with E-state index in [0.29, 0.717) is 62.6 Å². The molecule has 37 heavy (non-hydrogen) atoms. The van der Waals surface area contributed by atoms with Crippen molar-refractivity contribution in [3.63, 3.8) is 0 Å². The molecule has 0 bridgehead atoms. The molecule has 2 N–H and O–H groups in total. The lowest BCUT2D eigenvalue weighted by Crippen LogP contribution is -2.41. The molecule has 1 fully saturated rings. The van der Waals surface area contributed by atoms with E-state index in [1.165, 1.54) is 0 Å². The summed E-state index contributed by atoms with van der Waals surface area (Å²) in [5.74, 6) is 0.00637.